The Morgan fingerprint density at radius 3 is 1.69 bits per heavy atom. The Balaban J connectivity index is 4.05. The molecule has 0 radical (unpaired) electrons. The van der Waals surface area contributed by atoms with Crippen LogP contribution in [0.3, 0.4) is 0 Å². The molecule has 2 heteroatoms. The Kier molecular flexibility index (Phi) is 4.14. The molecule has 0 saturated heterocycles. The molecule has 78 valence electrons. The van der Waals surface area contributed by atoms with Crippen LogP contribution in [-0.2, 0) is 0 Å². The van der Waals surface area contributed by atoms with Crippen molar-refractivity contribution < 1.29 is 8.97 Å². The number of nitrogens with zero attached hydrogens (tertiary/aromatic N) is 2. The quantitative estimate of drug-likeness (QED) is 0.459. The summed E-state index contributed by atoms with van der Waals surface area (Å²) in [5.74, 6) is 0. The molecule has 0 heterocycles. The molecule has 0 aliphatic heterocycles. The van der Waals surface area contributed by atoms with Gasteiger partial charge < -0.3 is 8.97 Å². The van der Waals surface area contributed by atoms with E-state index in [0.717, 1.165) is 22.1 Å². The van der Waals surface area contributed by atoms with Crippen LogP contribution in [0.15, 0.2) is 11.6 Å². The van der Waals surface area contributed by atoms with Crippen molar-refractivity contribution in [2.75, 3.05) is 55.4 Å². The second-order valence-corrected chi connectivity index (χ2v) is 5.97. The van der Waals surface area contributed by atoms with Crippen LogP contribution in [0.2, 0.25) is 0 Å². The SMILES string of the molecule is CC(=CC[N+](C)(C)C)C[N+](C)(C)C. The summed E-state index contributed by atoms with van der Waals surface area (Å²) in [6.07, 6.45) is 2.35. The monoisotopic (exact) mass is 186 g/mol. The number of likely N-dealkylation sites (N-methyl/N-ethyl adjacent to an activating group) is 2. The predicted octanol–water partition coefficient (Wildman–Crippen LogP) is 1.35. The standard InChI is InChI=1S/C11H26N2/c1-11(10-13(5,6)7)8-9-12(2,3)4/h8H,9-10H2,1-7H3/q+2. The largest absolute Gasteiger partial charge is 0.328 e. The molecule has 2 nitrogen and oxygen atoms in total. The molecule has 0 aromatic heterocycles. The number of rotatable bonds is 4. The average molecular weight is 186 g/mol. The zero-order chi connectivity index (χ0) is 10.7. The Hall–Kier alpha value is -0.340. The minimum atomic E-state index is 1.01. The molecule has 0 amide bonds. The maximum Gasteiger partial charge on any atom is 0.0996 e. The van der Waals surface area contributed by atoms with Gasteiger partial charge in [-0.25, -0.2) is 0 Å². The van der Waals surface area contributed by atoms with Crippen LogP contribution in [0.4, 0.5) is 0 Å². The topological polar surface area (TPSA) is 0 Å². The van der Waals surface area contributed by atoms with Crippen molar-refractivity contribution in [2.24, 2.45) is 0 Å². The first-order valence-electron chi connectivity index (χ1n) is 4.87. The van der Waals surface area contributed by atoms with E-state index in [2.05, 4.69) is 55.3 Å². The fourth-order valence-corrected chi connectivity index (χ4v) is 1.24. The van der Waals surface area contributed by atoms with Gasteiger partial charge in [0.1, 0.15) is 0 Å². The first kappa shape index (κ1) is 12.7. The molecular formula is C11H26N2+2. The van der Waals surface area contributed by atoms with Gasteiger partial charge in [0.25, 0.3) is 0 Å². The van der Waals surface area contributed by atoms with E-state index in [0.29, 0.717) is 0 Å². The maximum atomic E-state index is 2.35. The summed E-state index contributed by atoms with van der Waals surface area (Å²) in [5, 5.41) is 0. The minimum absolute atomic E-state index is 1.01. The smallest absolute Gasteiger partial charge is 0.0996 e. The van der Waals surface area contributed by atoms with Gasteiger partial charge in [-0.1, -0.05) is 0 Å². The molecule has 0 rings (SSSR count). The molecule has 13 heavy (non-hydrogen) atoms. The van der Waals surface area contributed by atoms with Crippen molar-refractivity contribution in [3.05, 3.63) is 11.6 Å². The molecule has 0 aliphatic carbocycles. The molecule has 0 aliphatic rings. The molecule has 0 bridgehead atoms. The normalized spacial score (nSPS) is 14.8. The minimum Gasteiger partial charge on any atom is -0.328 e. The Morgan fingerprint density at radius 1 is 0.923 bits per heavy atom. The first-order chi connectivity index (χ1) is 5.60. The van der Waals surface area contributed by atoms with Gasteiger partial charge in [0, 0.05) is 0 Å². The summed E-state index contributed by atoms with van der Waals surface area (Å²) in [4.78, 5) is 0. The molecule has 0 fully saturated rings. The van der Waals surface area contributed by atoms with E-state index in [1.807, 2.05) is 0 Å². The van der Waals surface area contributed by atoms with Crippen molar-refractivity contribution in [1.29, 1.82) is 0 Å². The summed E-state index contributed by atoms with van der Waals surface area (Å²) in [7, 11) is 13.3. The highest BCUT2D eigenvalue weighted by Gasteiger charge is 2.09. The Labute approximate surface area is 83.6 Å². The van der Waals surface area contributed by atoms with Gasteiger partial charge in [-0.2, -0.15) is 0 Å². The summed E-state index contributed by atoms with van der Waals surface area (Å²) >= 11 is 0. The highest BCUT2D eigenvalue weighted by Crippen LogP contribution is 2.02. The lowest BCUT2D eigenvalue weighted by atomic mass is 10.2. The zero-order valence-electron chi connectivity index (χ0n) is 10.4. The molecule has 0 spiro atoms. The lowest BCUT2D eigenvalue weighted by molar-refractivity contribution is -0.867. The predicted molar refractivity (Wildman–Crippen MR) is 59.6 cm³/mol. The first-order valence-corrected chi connectivity index (χ1v) is 4.87. The van der Waals surface area contributed by atoms with Crippen molar-refractivity contribution in [1.82, 2.24) is 0 Å². The van der Waals surface area contributed by atoms with Gasteiger partial charge in [-0.05, 0) is 18.6 Å². The number of quaternary nitrogens is 2. The van der Waals surface area contributed by atoms with Crippen LogP contribution in [0.5, 0.6) is 0 Å². The van der Waals surface area contributed by atoms with Gasteiger partial charge in [0.2, 0.25) is 0 Å². The average Bonchev–Trinajstić information content (AvgIpc) is 1.78. The molecule has 0 N–H and O–H groups in total. The van der Waals surface area contributed by atoms with Gasteiger partial charge in [-0.3, -0.25) is 0 Å². The lowest BCUT2D eigenvalue weighted by Crippen LogP contribution is -2.37. The highest BCUT2D eigenvalue weighted by atomic mass is 15.3. The third-order valence-electron chi connectivity index (χ3n) is 1.71. The third-order valence-corrected chi connectivity index (χ3v) is 1.71. The van der Waals surface area contributed by atoms with Crippen molar-refractivity contribution in [3.63, 3.8) is 0 Å². The second-order valence-electron chi connectivity index (χ2n) is 5.97. The van der Waals surface area contributed by atoms with Crippen molar-refractivity contribution >= 4 is 0 Å². The van der Waals surface area contributed by atoms with E-state index < -0.39 is 0 Å². The van der Waals surface area contributed by atoms with Crippen LogP contribution >= 0.6 is 0 Å². The van der Waals surface area contributed by atoms with Crippen LogP contribution in [0, 0.1) is 0 Å². The van der Waals surface area contributed by atoms with E-state index in [4.69, 9.17) is 0 Å². The number of hydrogen-bond donors (Lipinski definition) is 0. The van der Waals surface area contributed by atoms with E-state index in [9.17, 15) is 0 Å². The van der Waals surface area contributed by atoms with Crippen LogP contribution < -0.4 is 0 Å². The molecule has 0 aromatic rings. The molecule has 0 atom stereocenters. The van der Waals surface area contributed by atoms with Crippen LogP contribution in [0.1, 0.15) is 6.92 Å². The van der Waals surface area contributed by atoms with Gasteiger partial charge in [-0.15, -0.1) is 0 Å². The Morgan fingerprint density at radius 2 is 1.38 bits per heavy atom. The fraction of sp³-hybridized carbons (Fsp3) is 0.818. The summed E-state index contributed by atoms with van der Waals surface area (Å²) in [6, 6.07) is 0. The third kappa shape index (κ3) is 9.57. The van der Waals surface area contributed by atoms with Crippen LogP contribution in [-0.4, -0.2) is 64.3 Å². The van der Waals surface area contributed by atoms with Crippen molar-refractivity contribution in [3.8, 4) is 0 Å². The lowest BCUT2D eigenvalue weighted by Gasteiger charge is -2.26. The van der Waals surface area contributed by atoms with E-state index in [1.165, 1.54) is 5.57 Å². The summed E-state index contributed by atoms with van der Waals surface area (Å²) in [5.41, 5.74) is 1.49. The maximum absolute atomic E-state index is 2.35. The fourth-order valence-electron chi connectivity index (χ4n) is 1.24. The molecule has 0 aromatic carbocycles. The molecular weight excluding hydrogens is 160 g/mol. The van der Waals surface area contributed by atoms with Gasteiger partial charge in [0.15, 0.2) is 0 Å². The molecule has 0 saturated carbocycles. The van der Waals surface area contributed by atoms with Crippen molar-refractivity contribution in [2.45, 2.75) is 6.92 Å². The zero-order valence-corrected chi connectivity index (χ0v) is 10.4. The number of hydrogen-bond acceptors (Lipinski definition) is 0. The second kappa shape index (κ2) is 4.25. The summed E-state index contributed by atoms with van der Waals surface area (Å²) in [6.45, 7) is 4.48. The van der Waals surface area contributed by atoms with E-state index in [1.54, 1.807) is 0 Å². The molecule has 0 unspecified atom stereocenters. The highest BCUT2D eigenvalue weighted by molar-refractivity contribution is 4.97. The van der Waals surface area contributed by atoms with Gasteiger partial charge in [0.05, 0.1) is 55.4 Å². The van der Waals surface area contributed by atoms with E-state index in [-0.39, 0.29) is 0 Å². The summed E-state index contributed by atoms with van der Waals surface area (Å²) < 4.78 is 2.02. The van der Waals surface area contributed by atoms with E-state index >= 15 is 0 Å². The Bertz CT molecular complexity index is 179. The van der Waals surface area contributed by atoms with Crippen LogP contribution in [0.25, 0.3) is 0 Å². The van der Waals surface area contributed by atoms with Gasteiger partial charge >= 0.3 is 0 Å².